The highest BCUT2D eigenvalue weighted by Gasteiger charge is 2.60. The van der Waals surface area contributed by atoms with Gasteiger partial charge in [-0.3, -0.25) is 4.79 Å². The second kappa shape index (κ2) is 12.8. The first-order valence-electron chi connectivity index (χ1n) is 17.1. The summed E-state index contributed by atoms with van der Waals surface area (Å²) in [5.41, 5.74) is 0.702. The van der Waals surface area contributed by atoms with Crippen LogP contribution in [0.2, 0.25) is 0 Å². The lowest BCUT2D eigenvalue weighted by Gasteiger charge is -2.59. The first-order chi connectivity index (χ1) is 19.9. The Morgan fingerprint density at radius 3 is 2.40 bits per heavy atom. The van der Waals surface area contributed by atoms with Gasteiger partial charge in [0.15, 0.2) is 6.29 Å². The maximum absolute atomic E-state index is 11.9. The molecule has 0 aromatic rings. The molecule has 5 aliphatic rings. The van der Waals surface area contributed by atoms with Crippen molar-refractivity contribution in [2.75, 3.05) is 6.61 Å². The van der Waals surface area contributed by atoms with Gasteiger partial charge in [-0.15, -0.1) is 0 Å². The molecule has 1 heterocycles. The van der Waals surface area contributed by atoms with Gasteiger partial charge in [-0.05, 0) is 97.2 Å². The van der Waals surface area contributed by atoms with E-state index in [1.165, 1.54) is 51.9 Å². The Kier molecular flexibility index (Phi) is 9.86. The fourth-order valence-corrected chi connectivity index (χ4v) is 10.5. The van der Waals surface area contributed by atoms with Gasteiger partial charge in [0.05, 0.1) is 12.7 Å². The molecule has 0 aromatic heterocycles. The van der Waals surface area contributed by atoms with Crippen LogP contribution in [-0.2, 0) is 14.3 Å². The zero-order valence-corrected chi connectivity index (χ0v) is 27.0. The van der Waals surface area contributed by atoms with E-state index >= 15 is 0 Å². The number of aliphatic hydroxyl groups is 3. The molecule has 42 heavy (non-hydrogen) atoms. The maximum atomic E-state index is 11.9. The first-order valence-corrected chi connectivity index (χ1v) is 17.1. The Labute approximate surface area is 254 Å². The molecule has 0 unspecified atom stereocenters. The van der Waals surface area contributed by atoms with Gasteiger partial charge >= 0.3 is 0 Å². The van der Waals surface area contributed by atoms with Crippen molar-refractivity contribution in [3.05, 3.63) is 12.2 Å². The number of nitrogens with one attached hydrogen (secondary N) is 1. The lowest BCUT2D eigenvalue weighted by atomic mass is 9.46. The second-order valence-corrected chi connectivity index (χ2v) is 15.8. The Bertz CT molecular complexity index is 971. The summed E-state index contributed by atoms with van der Waals surface area (Å²) in [5.74, 6) is 4.71. The smallest absolute Gasteiger partial charge is 0.217 e. The van der Waals surface area contributed by atoms with Crippen LogP contribution >= 0.6 is 0 Å². The second-order valence-electron chi connectivity index (χ2n) is 15.8. The minimum atomic E-state index is -1.30. The molecule has 0 spiro atoms. The predicted molar refractivity (Wildman–Crippen MR) is 163 cm³/mol. The number of carbonyl (C=O) groups is 1. The van der Waals surface area contributed by atoms with Crippen LogP contribution in [0.1, 0.15) is 106 Å². The molecule has 4 fully saturated rings. The van der Waals surface area contributed by atoms with E-state index in [0.29, 0.717) is 23.2 Å². The van der Waals surface area contributed by atoms with E-state index < -0.39 is 37.3 Å². The number of carbonyl (C=O) groups excluding carboxylic acids is 1. The van der Waals surface area contributed by atoms with Crippen LogP contribution in [0.15, 0.2) is 12.2 Å². The van der Waals surface area contributed by atoms with Crippen molar-refractivity contribution in [1.29, 1.82) is 0 Å². The number of rotatable bonds is 9. The van der Waals surface area contributed by atoms with Gasteiger partial charge in [0.25, 0.3) is 0 Å². The molecule has 14 atom stereocenters. The molecular formula is C35H59NO6. The van der Waals surface area contributed by atoms with Crippen molar-refractivity contribution in [1.82, 2.24) is 5.32 Å². The van der Waals surface area contributed by atoms with E-state index in [1.807, 2.05) is 0 Å². The summed E-state index contributed by atoms with van der Waals surface area (Å²) in [7, 11) is 0. The van der Waals surface area contributed by atoms with Gasteiger partial charge in [0.1, 0.15) is 24.4 Å². The van der Waals surface area contributed by atoms with Crippen molar-refractivity contribution in [2.45, 2.75) is 142 Å². The molecule has 5 rings (SSSR count). The van der Waals surface area contributed by atoms with Crippen molar-refractivity contribution >= 4 is 5.91 Å². The molecule has 3 saturated carbocycles. The topological polar surface area (TPSA) is 108 Å². The third kappa shape index (κ3) is 5.99. The Morgan fingerprint density at radius 2 is 1.71 bits per heavy atom. The van der Waals surface area contributed by atoms with Crippen LogP contribution in [0, 0.1) is 52.3 Å². The molecule has 7 nitrogen and oxygen atoms in total. The molecule has 7 heteroatoms. The van der Waals surface area contributed by atoms with E-state index in [2.05, 4.69) is 52.1 Å². The van der Waals surface area contributed by atoms with Gasteiger partial charge in [-0.2, -0.15) is 0 Å². The monoisotopic (exact) mass is 589 g/mol. The standard InChI is InChI=1S/C35H59NO6/c1-20(2)8-7-9-21(3)26-12-13-27-25-11-10-23-18-24(14-16-34(23,5)28(25)15-17-35(26,27)6)41-33-30(36-22(4)38)32(40)31(39)29(19-37)42-33/h10-11,20-21,23-33,37,39-40H,7-9,12-19H2,1-6H3,(H,36,38)/t21-,23-,24+,25+,26-,27+,28+,29+,30+,31+,32+,33+,34-,35+/m0/s1. The van der Waals surface area contributed by atoms with Crippen LogP contribution in [0.4, 0.5) is 0 Å². The first kappa shape index (κ1) is 32.4. The van der Waals surface area contributed by atoms with E-state index in [0.717, 1.165) is 42.9 Å². The molecule has 4 N–H and O–H groups in total. The highest BCUT2D eigenvalue weighted by atomic mass is 16.7. The van der Waals surface area contributed by atoms with Crippen LogP contribution < -0.4 is 5.32 Å². The Balaban J connectivity index is 1.26. The highest BCUT2D eigenvalue weighted by Crippen LogP contribution is 2.67. The molecule has 1 saturated heterocycles. The fourth-order valence-electron chi connectivity index (χ4n) is 10.5. The lowest BCUT2D eigenvalue weighted by Crippen LogP contribution is -2.65. The number of fused-ring (bicyclic) bond motifs is 5. The Morgan fingerprint density at radius 1 is 1.00 bits per heavy atom. The number of hydrogen-bond acceptors (Lipinski definition) is 6. The molecule has 0 aromatic carbocycles. The molecule has 240 valence electrons. The van der Waals surface area contributed by atoms with Gasteiger partial charge in [-0.1, -0.05) is 66.0 Å². The summed E-state index contributed by atoms with van der Waals surface area (Å²) in [6, 6.07) is -0.890. The average molecular weight is 590 g/mol. The maximum Gasteiger partial charge on any atom is 0.217 e. The third-order valence-electron chi connectivity index (χ3n) is 12.9. The molecular weight excluding hydrogens is 530 g/mol. The highest BCUT2D eigenvalue weighted by molar-refractivity contribution is 5.73. The van der Waals surface area contributed by atoms with E-state index in [-0.39, 0.29) is 17.4 Å². The van der Waals surface area contributed by atoms with E-state index in [1.54, 1.807) is 0 Å². The van der Waals surface area contributed by atoms with Gasteiger partial charge in [0.2, 0.25) is 5.91 Å². The average Bonchev–Trinajstić information content (AvgIpc) is 3.29. The quantitative estimate of drug-likeness (QED) is 0.275. The summed E-state index contributed by atoms with van der Waals surface area (Å²) in [6.45, 7) is 13.3. The van der Waals surface area contributed by atoms with Crippen LogP contribution in [0.5, 0.6) is 0 Å². The normalized spacial score (nSPS) is 47.4. The summed E-state index contributed by atoms with van der Waals surface area (Å²) >= 11 is 0. The minimum absolute atomic E-state index is 0.0799. The van der Waals surface area contributed by atoms with E-state index in [9.17, 15) is 20.1 Å². The number of hydrogen-bond donors (Lipinski definition) is 4. The zero-order valence-electron chi connectivity index (χ0n) is 27.0. The van der Waals surface area contributed by atoms with Gasteiger partial charge in [-0.25, -0.2) is 0 Å². The zero-order chi connectivity index (χ0) is 30.4. The molecule has 1 amide bonds. The SMILES string of the molecule is CC(=O)N[C@H]1[C@H](O[C@@H]2CC[C@]3(C)[C@@H]4CC[C@@]5(C)[C@H](CC[C@H]5[C@@H](C)CCCC(C)C)[C@H]4C=C[C@H]3C2)O[C@H](CO)[C@@H](O)[C@@H]1O. The number of ether oxygens (including phenoxy) is 2. The number of allylic oxidation sites excluding steroid dienone is 2. The molecule has 1 aliphatic heterocycles. The fraction of sp³-hybridized carbons (Fsp3) is 0.914. The largest absolute Gasteiger partial charge is 0.394 e. The summed E-state index contributed by atoms with van der Waals surface area (Å²) < 4.78 is 12.3. The number of amides is 1. The van der Waals surface area contributed by atoms with Crippen LogP contribution in [-0.4, -0.2) is 64.6 Å². The summed E-state index contributed by atoms with van der Waals surface area (Å²) in [6.07, 6.45) is 12.9. The van der Waals surface area contributed by atoms with Crippen molar-refractivity contribution in [2.24, 2.45) is 52.3 Å². The van der Waals surface area contributed by atoms with E-state index in [4.69, 9.17) is 9.47 Å². The number of aliphatic hydroxyl groups excluding tert-OH is 3. The minimum Gasteiger partial charge on any atom is -0.394 e. The predicted octanol–water partition coefficient (Wildman–Crippen LogP) is 5.21. The summed E-state index contributed by atoms with van der Waals surface area (Å²) in [5, 5.41) is 33.5. The van der Waals surface area contributed by atoms with Gasteiger partial charge < -0.3 is 30.1 Å². The summed E-state index contributed by atoms with van der Waals surface area (Å²) in [4.78, 5) is 11.9. The third-order valence-corrected chi connectivity index (χ3v) is 12.9. The van der Waals surface area contributed by atoms with Crippen LogP contribution in [0.3, 0.4) is 0 Å². The van der Waals surface area contributed by atoms with Crippen molar-refractivity contribution in [3.63, 3.8) is 0 Å². The van der Waals surface area contributed by atoms with Crippen molar-refractivity contribution in [3.8, 4) is 0 Å². The van der Waals surface area contributed by atoms with Gasteiger partial charge in [0, 0.05) is 6.92 Å². The Hall–Kier alpha value is -0.990. The lowest BCUT2D eigenvalue weighted by molar-refractivity contribution is -0.287. The van der Waals surface area contributed by atoms with Crippen molar-refractivity contribution < 1.29 is 29.6 Å². The molecule has 0 radical (unpaired) electrons. The molecule has 0 bridgehead atoms. The molecule has 4 aliphatic carbocycles. The van der Waals surface area contributed by atoms with Crippen LogP contribution in [0.25, 0.3) is 0 Å².